The number of hydrogen-bond acceptors (Lipinski definition) is 4. The number of ketones is 1. The van der Waals surface area contributed by atoms with Gasteiger partial charge >= 0.3 is 0 Å². The summed E-state index contributed by atoms with van der Waals surface area (Å²) < 4.78 is 23.5. The first-order valence-corrected chi connectivity index (χ1v) is 11.8. The Kier molecular flexibility index (Phi) is 5.08. The van der Waals surface area contributed by atoms with Gasteiger partial charge in [0.25, 0.3) is 0 Å². The zero-order chi connectivity index (χ0) is 19.0. The van der Waals surface area contributed by atoms with Crippen molar-refractivity contribution in [3.05, 3.63) is 42.0 Å². The first-order chi connectivity index (χ1) is 12.9. The Bertz CT molecular complexity index is 961. The first-order valence-electron chi connectivity index (χ1n) is 9.94. The van der Waals surface area contributed by atoms with Crippen LogP contribution in [0.15, 0.2) is 41.3 Å². The molecular weight excluding hydrogens is 358 g/mol. The van der Waals surface area contributed by atoms with E-state index in [-0.39, 0.29) is 11.7 Å². The average molecular weight is 386 g/mol. The van der Waals surface area contributed by atoms with Crippen molar-refractivity contribution in [1.29, 1.82) is 0 Å². The van der Waals surface area contributed by atoms with Crippen LogP contribution in [0.2, 0.25) is 0 Å². The van der Waals surface area contributed by atoms with Crippen molar-refractivity contribution in [2.75, 3.05) is 19.3 Å². The average Bonchev–Trinajstić information content (AvgIpc) is 3.21. The second kappa shape index (κ2) is 7.36. The fourth-order valence-corrected chi connectivity index (χ4v) is 5.32. The fraction of sp³-hybridized carbons (Fsp3) is 0.500. The lowest BCUT2D eigenvalue weighted by atomic mass is 9.88. The van der Waals surface area contributed by atoms with Crippen LogP contribution in [0.4, 0.5) is 0 Å². The molecule has 0 spiro atoms. The van der Waals surface area contributed by atoms with Crippen molar-refractivity contribution in [3.63, 3.8) is 0 Å². The molecule has 0 aromatic heterocycles. The first kappa shape index (κ1) is 18.6. The monoisotopic (exact) mass is 385 g/mol. The van der Waals surface area contributed by atoms with Crippen molar-refractivity contribution < 1.29 is 13.2 Å². The van der Waals surface area contributed by atoms with Gasteiger partial charge in [0.2, 0.25) is 0 Å². The highest BCUT2D eigenvalue weighted by atomic mass is 32.2. The molecule has 1 heterocycles. The summed E-state index contributed by atoms with van der Waals surface area (Å²) in [7, 11) is -3.22. The van der Waals surface area contributed by atoms with E-state index >= 15 is 0 Å². The van der Waals surface area contributed by atoms with Gasteiger partial charge in [-0.1, -0.05) is 31.0 Å². The molecule has 0 bridgehead atoms. The maximum absolute atomic E-state index is 13.1. The van der Waals surface area contributed by atoms with Crippen molar-refractivity contribution in [3.8, 4) is 0 Å². The van der Waals surface area contributed by atoms with Gasteiger partial charge < -0.3 is 0 Å². The standard InChI is InChI=1S/C22H27NO3S/c1-27(25,26)21-11-10-16-13-18(9-8-17(16)14-21)22(24)19-5-4-12-23(15-19)20-6-2-3-7-20/h8-11,13-14,19-20H,2-7,12,15H2,1H3. The SMILES string of the molecule is CS(=O)(=O)c1ccc2cc(C(=O)C3CCCN(C4CCCC4)C3)ccc2c1. The Balaban J connectivity index is 1.55. The Morgan fingerprint density at radius 1 is 0.963 bits per heavy atom. The lowest BCUT2D eigenvalue weighted by molar-refractivity contribution is 0.0757. The van der Waals surface area contributed by atoms with E-state index in [1.807, 2.05) is 18.2 Å². The van der Waals surface area contributed by atoms with Crippen molar-refractivity contribution >= 4 is 26.4 Å². The predicted molar refractivity (Wildman–Crippen MR) is 108 cm³/mol. The van der Waals surface area contributed by atoms with Gasteiger partial charge in [-0.15, -0.1) is 0 Å². The molecule has 144 valence electrons. The van der Waals surface area contributed by atoms with Gasteiger partial charge in [0.1, 0.15) is 0 Å². The van der Waals surface area contributed by atoms with E-state index < -0.39 is 9.84 Å². The lowest BCUT2D eigenvalue weighted by Gasteiger charge is -2.36. The Labute approximate surface area is 161 Å². The molecule has 2 fully saturated rings. The zero-order valence-electron chi connectivity index (χ0n) is 15.9. The van der Waals surface area contributed by atoms with Crippen LogP contribution in [-0.2, 0) is 9.84 Å². The molecule has 1 aliphatic heterocycles. The molecule has 4 rings (SSSR count). The summed E-state index contributed by atoms with van der Waals surface area (Å²) in [4.78, 5) is 16.0. The number of Topliss-reactive ketones (excluding diaryl/α,β-unsaturated/α-hetero) is 1. The van der Waals surface area contributed by atoms with E-state index in [0.717, 1.165) is 42.3 Å². The maximum Gasteiger partial charge on any atom is 0.175 e. The summed E-state index contributed by atoms with van der Waals surface area (Å²) in [6, 6.07) is 11.4. The fourth-order valence-electron chi connectivity index (χ4n) is 4.66. The highest BCUT2D eigenvalue weighted by molar-refractivity contribution is 7.90. The van der Waals surface area contributed by atoms with Crippen molar-refractivity contribution in [1.82, 2.24) is 4.90 Å². The summed E-state index contributed by atoms with van der Waals surface area (Å²) in [5, 5.41) is 1.77. The van der Waals surface area contributed by atoms with Crippen LogP contribution >= 0.6 is 0 Å². The van der Waals surface area contributed by atoms with Crippen LogP contribution in [0.3, 0.4) is 0 Å². The number of carbonyl (C=O) groups is 1. The lowest BCUT2D eigenvalue weighted by Crippen LogP contribution is -2.43. The number of likely N-dealkylation sites (tertiary alicyclic amines) is 1. The van der Waals surface area contributed by atoms with Crippen molar-refractivity contribution in [2.45, 2.75) is 49.5 Å². The summed E-state index contributed by atoms with van der Waals surface area (Å²) in [6.45, 7) is 2.01. The quantitative estimate of drug-likeness (QED) is 0.744. The van der Waals surface area contributed by atoms with Crippen LogP contribution in [0.25, 0.3) is 10.8 Å². The molecule has 2 aromatic rings. The number of piperidine rings is 1. The van der Waals surface area contributed by atoms with Gasteiger partial charge in [0.05, 0.1) is 4.90 Å². The van der Waals surface area contributed by atoms with Gasteiger partial charge in [-0.25, -0.2) is 8.42 Å². The van der Waals surface area contributed by atoms with Gasteiger partial charge in [0.15, 0.2) is 15.6 Å². The van der Waals surface area contributed by atoms with Crippen LogP contribution < -0.4 is 0 Å². The minimum Gasteiger partial charge on any atom is -0.300 e. The molecule has 1 saturated carbocycles. The van der Waals surface area contributed by atoms with E-state index in [4.69, 9.17) is 0 Å². The number of fused-ring (bicyclic) bond motifs is 1. The molecule has 2 aliphatic rings. The van der Waals surface area contributed by atoms with Crippen LogP contribution in [-0.4, -0.2) is 44.5 Å². The largest absolute Gasteiger partial charge is 0.300 e. The number of rotatable bonds is 4. The van der Waals surface area contributed by atoms with E-state index in [1.165, 1.54) is 31.9 Å². The molecule has 1 saturated heterocycles. The number of carbonyl (C=O) groups excluding carboxylic acids is 1. The summed E-state index contributed by atoms with van der Waals surface area (Å²) in [6.07, 6.45) is 8.47. The molecule has 4 nitrogen and oxygen atoms in total. The van der Waals surface area contributed by atoms with Crippen LogP contribution in [0.1, 0.15) is 48.9 Å². The molecule has 27 heavy (non-hydrogen) atoms. The summed E-state index contributed by atoms with van der Waals surface area (Å²) in [5.74, 6) is 0.305. The molecule has 0 amide bonds. The van der Waals surface area contributed by atoms with Gasteiger partial charge in [-0.2, -0.15) is 0 Å². The zero-order valence-corrected chi connectivity index (χ0v) is 16.7. The molecule has 0 radical (unpaired) electrons. The number of benzene rings is 2. The smallest absolute Gasteiger partial charge is 0.175 e. The Morgan fingerprint density at radius 3 is 2.41 bits per heavy atom. The maximum atomic E-state index is 13.1. The highest BCUT2D eigenvalue weighted by Crippen LogP contribution is 2.30. The molecular formula is C22H27NO3S. The van der Waals surface area contributed by atoms with Gasteiger partial charge in [-0.3, -0.25) is 9.69 Å². The molecule has 1 unspecified atom stereocenters. The number of sulfone groups is 1. The topological polar surface area (TPSA) is 54.5 Å². The highest BCUT2D eigenvalue weighted by Gasteiger charge is 2.31. The van der Waals surface area contributed by atoms with Crippen molar-refractivity contribution in [2.24, 2.45) is 5.92 Å². The Morgan fingerprint density at radius 2 is 1.67 bits per heavy atom. The minimum absolute atomic E-state index is 0.0760. The van der Waals surface area contributed by atoms with Gasteiger partial charge in [0, 0.05) is 30.3 Å². The third-order valence-electron chi connectivity index (χ3n) is 6.19. The molecule has 0 N–H and O–H groups in total. The molecule has 2 aromatic carbocycles. The third-order valence-corrected chi connectivity index (χ3v) is 7.30. The minimum atomic E-state index is -3.22. The predicted octanol–water partition coefficient (Wildman–Crippen LogP) is 4.08. The normalized spacial score (nSPS) is 22.3. The molecule has 1 atom stereocenters. The number of nitrogens with zero attached hydrogens (tertiary/aromatic N) is 1. The van der Waals surface area contributed by atoms with E-state index in [0.29, 0.717) is 10.9 Å². The van der Waals surface area contributed by atoms with Crippen LogP contribution in [0, 0.1) is 5.92 Å². The second-order valence-corrected chi connectivity index (χ2v) is 10.1. The van der Waals surface area contributed by atoms with E-state index in [2.05, 4.69) is 4.90 Å². The second-order valence-electron chi connectivity index (χ2n) is 8.13. The van der Waals surface area contributed by atoms with Gasteiger partial charge in [-0.05, 0) is 61.2 Å². The Hall–Kier alpha value is -1.72. The summed E-state index contributed by atoms with van der Waals surface area (Å²) >= 11 is 0. The van der Waals surface area contributed by atoms with E-state index in [1.54, 1.807) is 18.2 Å². The summed E-state index contributed by atoms with van der Waals surface area (Å²) in [5.41, 5.74) is 0.743. The van der Waals surface area contributed by atoms with Crippen LogP contribution in [0.5, 0.6) is 0 Å². The molecule has 5 heteroatoms. The van der Waals surface area contributed by atoms with E-state index in [9.17, 15) is 13.2 Å². The number of hydrogen-bond donors (Lipinski definition) is 0. The third kappa shape index (κ3) is 3.94. The molecule has 1 aliphatic carbocycles.